The van der Waals surface area contributed by atoms with Gasteiger partial charge in [-0.1, -0.05) is 50.5 Å². The first-order chi connectivity index (χ1) is 13.5. The lowest BCUT2D eigenvalue weighted by molar-refractivity contribution is -0.185. The van der Waals surface area contributed by atoms with Crippen LogP contribution in [0.4, 0.5) is 0 Å². The van der Waals surface area contributed by atoms with E-state index in [-0.39, 0.29) is 18.3 Å². The predicted octanol–water partition coefficient (Wildman–Crippen LogP) is 3.43. The fourth-order valence-corrected chi connectivity index (χ4v) is 4.23. The van der Waals surface area contributed by atoms with Gasteiger partial charge in [-0.3, -0.25) is 4.79 Å². The van der Waals surface area contributed by atoms with Crippen molar-refractivity contribution in [2.45, 2.75) is 82.7 Å². The molecule has 4 atom stereocenters. The van der Waals surface area contributed by atoms with Crippen molar-refractivity contribution in [2.75, 3.05) is 13.2 Å². The lowest BCUT2D eigenvalue weighted by Gasteiger charge is -2.30. The number of carbonyl (C=O) groups is 1. The Morgan fingerprint density at radius 2 is 1.96 bits per heavy atom. The highest BCUT2D eigenvalue weighted by Gasteiger charge is 2.55. The maximum absolute atomic E-state index is 10.6. The second-order valence-corrected chi connectivity index (χ2v) is 7.91. The van der Waals surface area contributed by atoms with E-state index in [0.717, 1.165) is 25.7 Å². The number of aliphatic hydroxyl groups excluding tert-OH is 2. The molecule has 0 aromatic rings. The molecular formula is C22H36O6. The van der Waals surface area contributed by atoms with Gasteiger partial charge in [-0.2, -0.15) is 0 Å². The fourth-order valence-electron chi connectivity index (χ4n) is 4.23. The van der Waals surface area contributed by atoms with Gasteiger partial charge in [0.15, 0.2) is 5.79 Å². The zero-order valence-electron chi connectivity index (χ0n) is 17.0. The Morgan fingerprint density at radius 1 is 1.21 bits per heavy atom. The van der Waals surface area contributed by atoms with Crippen molar-refractivity contribution in [3.05, 3.63) is 24.3 Å². The van der Waals surface area contributed by atoms with Gasteiger partial charge in [0, 0.05) is 24.7 Å². The van der Waals surface area contributed by atoms with E-state index in [2.05, 4.69) is 6.92 Å². The Labute approximate surface area is 168 Å². The first-order valence-corrected chi connectivity index (χ1v) is 10.7. The molecule has 0 amide bonds. The van der Waals surface area contributed by atoms with Gasteiger partial charge in [0.2, 0.25) is 0 Å². The molecule has 1 saturated carbocycles. The maximum Gasteiger partial charge on any atom is 0.303 e. The summed E-state index contributed by atoms with van der Waals surface area (Å²) in [6.07, 6.45) is 13.3. The monoisotopic (exact) mass is 396 g/mol. The van der Waals surface area contributed by atoms with Gasteiger partial charge in [-0.25, -0.2) is 0 Å². The number of carboxylic acid groups (broad SMARTS) is 1. The highest BCUT2D eigenvalue weighted by atomic mass is 16.7. The summed E-state index contributed by atoms with van der Waals surface area (Å²) < 4.78 is 11.8. The molecular weight excluding hydrogens is 360 g/mol. The van der Waals surface area contributed by atoms with Crippen molar-refractivity contribution in [3.8, 4) is 0 Å². The average Bonchev–Trinajstić information content (AvgIpc) is 3.21. The molecule has 6 heteroatoms. The number of aliphatic hydroxyl groups is 2. The minimum absolute atomic E-state index is 0.0279. The van der Waals surface area contributed by atoms with Gasteiger partial charge < -0.3 is 24.8 Å². The van der Waals surface area contributed by atoms with Gasteiger partial charge in [-0.05, 0) is 25.7 Å². The van der Waals surface area contributed by atoms with Crippen LogP contribution in [0.1, 0.15) is 64.7 Å². The average molecular weight is 397 g/mol. The van der Waals surface area contributed by atoms with E-state index in [1.54, 1.807) is 6.08 Å². The highest BCUT2D eigenvalue weighted by Crippen LogP contribution is 2.48. The molecule has 1 aliphatic heterocycles. The largest absolute Gasteiger partial charge is 0.481 e. The van der Waals surface area contributed by atoms with Crippen LogP contribution in [0.2, 0.25) is 0 Å². The summed E-state index contributed by atoms with van der Waals surface area (Å²) >= 11 is 0. The van der Waals surface area contributed by atoms with Crippen molar-refractivity contribution >= 4 is 5.97 Å². The van der Waals surface area contributed by atoms with Gasteiger partial charge >= 0.3 is 5.97 Å². The van der Waals surface area contributed by atoms with Crippen LogP contribution in [0.15, 0.2) is 24.3 Å². The predicted molar refractivity (Wildman–Crippen MR) is 107 cm³/mol. The Morgan fingerprint density at radius 3 is 2.64 bits per heavy atom. The summed E-state index contributed by atoms with van der Waals surface area (Å²) in [6, 6.07) is 0. The number of hydrogen-bond donors (Lipinski definition) is 3. The van der Waals surface area contributed by atoms with Crippen LogP contribution >= 0.6 is 0 Å². The molecule has 1 aliphatic carbocycles. The van der Waals surface area contributed by atoms with E-state index in [4.69, 9.17) is 14.6 Å². The van der Waals surface area contributed by atoms with E-state index < -0.39 is 24.0 Å². The third-order valence-electron chi connectivity index (χ3n) is 5.72. The molecule has 6 nitrogen and oxygen atoms in total. The lowest BCUT2D eigenvalue weighted by atomic mass is 9.88. The summed E-state index contributed by atoms with van der Waals surface area (Å²) in [6.45, 7) is 3.20. The summed E-state index contributed by atoms with van der Waals surface area (Å²) in [7, 11) is 0. The molecule has 28 heavy (non-hydrogen) atoms. The summed E-state index contributed by atoms with van der Waals surface area (Å²) in [5.41, 5.74) is 0. The second kappa shape index (κ2) is 11.7. The van der Waals surface area contributed by atoms with Crippen molar-refractivity contribution in [3.63, 3.8) is 0 Å². The van der Waals surface area contributed by atoms with Crippen molar-refractivity contribution in [2.24, 2.45) is 11.8 Å². The van der Waals surface area contributed by atoms with Crippen LogP contribution in [0, 0.1) is 11.8 Å². The molecule has 0 bridgehead atoms. The molecule has 2 fully saturated rings. The summed E-state index contributed by atoms with van der Waals surface area (Å²) in [4.78, 5) is 10.6. The van der Waals surface area contributed by atoms with E-state index >= 15 is 0 Å². The van der Waals surface area contributed by atoms with Crippen LogP contribution in [0.3, 0.4) is 0 Å². The Hall–Kier alpha value is -1.21. The molecule has 1 saturated heterocycles. The molecule has 1 spiro atoms. The van der Waals surface area contributed by atoms with Crippen molar-refractivity contribution in [1.82, 2.24) is 0 Å². The molecule has 2 aliphatic rings. The van der Waals surface area contributed by atoms with Crippen molar-refractivity contribution < 1.29 is 29.6 Å². The van der Waals surface area contributed by atoms with E-state index in [1.165, 1.54) is 0 Å². The summed E-state index contributed by atoms with van der Waals surface area (Å²) in [5, 5.41) is 29.5. The molecule has 0 aromatic heterocycles. The molecule has 1 heterocycles. The Kier molecular flexibility index (Phi) is 9.65. The number of carboxylic acids is 1. The molecule has 2 rings (SSSR count). The smallest absolute Gasteiger partial charge is 0.303 e. The van der Waals surface area contributed by atoms with Crippen molar-refractivity contribution in [1.29, 1.82) is 0 Å². The zero-order chi connectivity index (χ0) is 20.4. The fraction of sp³-hybridized carbons (Fsp3) is 0.773. The SMILES string of the molecule is CCCCC[C@H](O)/C=C/[C@H]1[C@H](O)CC2(OCCO2)[C@@H]1C/C=C\CCCC(=O)O. The van der Waals surface area contributed by atoms with Gasteiger partial charge in [-0.15, -0.1) is 0 Å². The third kappa shape index (κ3) is 6.69. The number of hydrogen-bond acceptors (Lipinski definition) is 5. The van der Waals surface area contributed by atoms with Crippen LogP contribution in [0.25, 0.3) is 0 Å². The molecule has 0 unspecified atom stereocenters. The minimum atomic E-state index is -0.776. The van der Waals surface area contributed by atoms with Crippen LogP contribution < -0.4 is 0 Å². The second-order valence-electron chi connectivity index (χ2n) is 7.91. The minimum Gasteiger partial charge on any atom is -0.481 e. The van der Waals surface area contributed by atoms with E-state index in [1.807, 2.05) is 18.2 Å². The van der Waals surface area contributed by atoms with Gasteiger partial charge in [0.25, 0.3) is 0 Å². The molecule has 160 valence electrons. The Bertz CT molecular complexity index is 523. The highest BCUT2D eigenvalue weighted by molar-refractivity contribution is 5.66. The maximum atomic E-state index is 10.6. The normalized spacial score (nSPS) is 28.0. The quantitative estimate of drug-likeness (QED) is 0.345. The first-order valence-electron chi connectivity index (χ1n) is 10.7. The number of aliphatic carboxylic acids is 1. The van der Waals surface area contributed by atoms with Gasteiger partial charge in [0.1, 0.15) is 0 Å². The number of ether oxygens (including phenoxy) is 2. The number of rotatable bonds is 12. The number of unbranched alkanes of at least 4 members (excludes halogenated alkanes) is 3. The first kappa shape index (κ1) is 23.1. The third-order valence-corrected chi connectivity index (χ3v) is 5.72. The standard InChI is InChI=1S/C22H36O6/c1-2-3-6-9-17(23)12-13-18-19(10-7-4-5-8-11-21(25)26)22(16-20(18)24)27-14-15-28-22/h4,7,12-13,17-20,23-24H,2-3,5-6,8-11,14-16H2,1H3,(H,25,26)/b7-4-,13-12+/t17-,18+,19+,20+/m0/s1. The lowest BCUT2D eigenvalue weighted by Crippen LogP contribution is -2.36. The number of allylic oxidation sites excluding steroid dienone is 2. The summed E-state index contributed by atoms with van der Waals surface area (Å²) in [5.74, 6) is -1.70. The van der Waals surface area contributed by atoms with E-state index in [9.17, 15) is 15.0 Å². The Balaban J connectivity index is 1.96. The molecule has 3 N–H and O–H groups in total. The topological polar surface area (TPSA) is 96.2 Å². The van der Waals surface area contributed by atoms with Crippen LogP contribution in [-0.2, 0) is 14.3 Å². The zero-order valence-corrected chi connectivity index (χ0v) is 17.0. The van der Waals surface area contributed by atoms with Crippen LogP contribution in [0.5, 0.6) is 0 Å². The van der Waals surface area contributed by atoms with Gasteiger partial charge in [0.05, 0.1) is 25.4 Å². The van der Waals surface area contributed by atoms with E-state index in [0.29, 0.717) is 38.9 Å². The van der Waals surface area contributed by atoms with Crippen LogP contribution in [-0.4, -0.2) is 52.5 Å². The molecule has 0 radical (unpaired) electrons. The molecule has 0 aromatic carbocycles.